The van der Waals surface area contributed by atoms with E-state index >= 15 is 0 Å². The first kappa shape index (κ1) is 4.57. The number of hydrogen-bond donors (Lipinski definition) is 0. The summed E-state index contributed by atoms with van der Waals surface area (Å²) in [6.07, 6.45) is 5.76. The molecule has 0 aromatic carbocycles. The molecule has 0 spiro atoms. The van der Waals surface area contributed by atoms with Crippen molar-refractivity contribution in [2.45, 2.75) is 25.0 Å². The quantitative estimate of drug-likeness (QED) is 0.366. The van der Waals surface area contributed by atoms with Gasteiger partial charge in [0.2, 0.25) is 0 Å². The van der Waals surface area contributed by atoms with Crippen molar-refractivity contribution in [3.05, 3.63) is 12.7 Å². The molecule has 1 heteroatoms. The zero-order chi connectivity index (χ0) is 5.56. The average Bonchev–Trinajstić information content (AvgIpc) is 2.40. The van der Waals surface area contributed by atoms with Crippen LogP contribution in [0.4, 0.5) is 0 Å². The van der Waals surface area contributed by atoms with E-state index in [9.17, 15) is 0 Å². The summed E-state index contributed by atoms with van der Waals surface area (Å²) in [5.74, 6) is 0.763. The normalized spacial score (nSPS) is 50.8. The van der Waals surface area contributed by atoms with Gasteiger partial charge < -0.3 is 4.74 Å². The van der Waals surface area contributed by atoms with E-state index in [1.54, 1.807) is 0 Å². The highest BCUT2D eigenvalue weighted by atomic mass is 16.6. The van der Waals surface area contributed by atoms with Gasteiger partial charge in [0, 0.05) is 0 Å². The first-order valence-electron chi connectivity index (χ1n) is 3.18. The molecule has 0 amide bonds. The minimum Gasteiger partial charge on any atom is -0.370 e. The van der Waals surface area contributed by atoms with Gasteiger partial charge in [-0.25, -0.2) is 0 Å². The van der Waals surface area contributed by atoms with Gasteiger partial charge >= 0.3 is 0 Å². The Morgan fingerprint density at radius 1 is 1.38 bits per heavy atom. The fourth-order valence-electron chi connectivity index (χ4n) is 1.48. The molecular formula is C7H10O. The lowest BCUT2D eigenvalue weighted by molar-refractivity contribution is 0.295. The number of hydrogen-bond acceptors (Lipinski definition) is 1. The Bertz CT molecular complexity index is 110. The molecule has 1 aliphatic carbocycles. The smallest absolute Gasteiger partial charge is 0.0847 e. The summed E-state index contributed by atoms with van der Waals surface area (Å²) in [7, 11) is 0. The minimum absolute atomic E-state index is 0.623. The van der Waals surface area contributed by atoms with Crippen molar-refractivity contribution in [3.8, 4) is 0 Å². The van der Waals surface area contributed by atoms with Crippen LogP contribution in [0, 0.1) is 5.92 Å². The van der Waals surface area contributed by atoms with Gasteiger partial charge in [0.1, 0.15) is 0 Å². The average molecular weight is 110 g/mol. The highest BCUT2D eigenvalue weighted by Gasteiger charge is 2.46. The molecule has 2 unspecified atom stereocenters. The fourth-order valence-corrected chi connectivity index (χ4v) is 1.48. The van der Waals surface area contributed by atoms with Crippen molar-refractivity contribution in [2.75, 3.05) is 0 Å². The van der Waals surface area contributed by atoms with E-state index in [2.05, 4.69) is 12.7 Å². The molecule has 1 nitrogen and oxygen atoms in total. The molecule has 2 fully saturated rings. The minimum atomic E-state index is 0.623. The van der Waals surface area contributed by atoms with E-state index in [0.29, 0.717) is 12.2 Å². The summed E-state index contributed by atoms with van der Waals surface area (Å²) in [4.78, 5) is 0. The fraction of sp³-hybridized carbons (Fsp3) is 0.714. The Labute approximate surface area is 49.3 Å². The molecule has 0 aromatic heterocycles. The molecule has 1 aliphatic heterocycles. The lowest BCUT2D eigenvalue weighted by Crippen LogP contribution is -1.92. The largest absolute Gasteiger partial charge is 0.370 e. The molecule has 2 atom stereocenters. The van der Waals surface area contributed by atoms with Crippen LogP contribution in [-0.4, -0.2) is 12.2 Å². The summed E-state index contributed by atoms with van der Waals surface area (Å²) >= 11 is 0. The SMILES string of the molecule is C=CC1CC2OC2C1. The third kappa shape index (κ3) is 0.511. The number of allylic oxidation sites excluding steroid dienone is 1. The van der Waals surface area contributed by atoms with Gasteiger partial charge in [-0.15, -0.1) is 6.58 Å². The Balaban J connectivity index is 1.98. The predicted molar refractivity (Wildman–Crippen MR) is 31.6 cm³/mol. The van der Waals surface area contributed by atoms with E-state index in [1.807, 2.05) is 0 Å². The Kier molecular flexibility index (Phi) is 0.770. The molecule has 2 rings (SSSR count). The van der Waals surface area contributed by atoms with Gasteiger partial charge in [-0.1, -0.05) is 6.08 Å². The van der Waals surface area contributed by atoms with Crippen LogP contribution in [-0.2, 0) is 4.74 Å². The summed E-state index contributed by atoms with van der Waals surface area (Å²) < 4.78 is 5.24. The number of epoxide rings is 1. The van der Waals surface area contributed by atoms with Crippen molar-refractivity contribution >= 4 is 0 Å². The Hall–Kier alpha value is -0.300. The van der Waals surface area contributed by atoms with Gasteiger partial charge in [-0.2, -0.15) is 0 Å². The van der Waals surface area contributed by atoms with Crippen molar-refractivity contribution in [1.82, 2.24) is 0 Å². The van der Waals surface area contributed by atoms with Gasteiger partial charge in [0.15, 0.2) is 0 Å². The Morgan fingerprint density at radius 3 is 2.38 bits per heavy atom. The van der Waals surface area contributed by atoms with Crippen LogP contribution in [0.3, 0.4) is 0 Å². The number of rotatable bonds is 1. The van der Waals surface area contributed by atoms with Gasteiger partial charge in [0.25, 0.3) is 0 Å². The second-order valence-electron chi connectivity index (χ2n) is 2.68. The van der Waals surface area contributed by atoms with Gasteiger partial charge in [0.05, 0.1) is 12.2 Å². The van der Waals surface area contributed by atoms with E-state index in [0.717, 1.165) is 5.92 Å². The zero-order valence-electron chi connectivity index (χ0n) is 4.84. The zero-order valence-corrected chi connectivity index (χ0v) is 4.84. The molecular weight excluding hydrogens is 100 g/mol. The monoisotopic (exact) mass is 110 g/mol. The van der Waals surface area contributed by atoms with Crippen LogP contribution >= 0.6 is 0 Å². The second kappa shape index (κ2) is 1.35. The molecule has 1 heterocycles. The van der Waals surface area contributed by atoms with Crippen LogP contribution in [0.5, 0.6) is 0 Å². The standard InChI is InChI=1S/C7H10O/c1-2-5-3-6-7(4-5)8-6/h2,5-7H,1,3-4H2. The van der Waals surface area contributed by atoms with Crippen molar-refractivity contribution in [1.29, 1.82) is 0 Å². The maximum absolute atomic E-state index is 5.24. The summed E-state index contributed by atoms with van der Waals surface area (Å²) in [6.45, 7) is 3.74. The van der Waals surface area contributed by atoms with E-state index in [1.165, 1.54) is 12.8 Å². The molecule has 2 aliphatic rings. The highest BCUT2D eigenvalue weighted by molar-refractivity contribution is 5.00. The molecule has 1 saturated heterocycles. The highest BCUT2D eigenvalue weighted by Crippen LogP contribution is 2.42. The summed E-state index contributed by atoms with van der Waals surface area (Å²) in [6, 6.07) is 0. The lowest BCUT2D eigenvalue weighted by Gasteiger charge is -2.00. The van der Waals surface area contributed by atoms with Crippen molar-refractivity contribution in [2.24, 2.45) is 5.92 Å². The molecule has 0 radical (unpaired) electrons. The number of fused-ring (bicyclic) bond motifs is 1. The van der Waals surface area contributed by atoms with Crippen molar-refractivity contribution < 1.29 is 4.74 Å². The Morgan fingerprint density at radius 2 is 2.00 bits per heavy atom. The van der Waals surface area contributed by atoms with Crippen LogP contribution in [0.15, 0.2) is 12.7 Å². The van der Waals surface area contributed by atoms with Crippen LogP contribution in [0.1, 0.15) is 12.8 Å². The van der Waals surface area contributed by atoms with E-state index < -0.39 is 0 Å². The molecule has 8 heavy (non-hydrogen) atoms. The van der Waals surface area contributed by atoms with E-state index in [4.69, 9.17) is 4.74 Å². The lowest BCUT2D eigenvalue weighted by atomic mass is 10.1. The second-order valence-corrected chi connectivity index (χ2v) is 2.68. The molecule has 1 saturated carbocycles. The predicted octanol–water partition coefficient (Wildman–Crippen LogP) is 1.35. The topological polar surface area (TPSA) is 12.5 Å². The van der Waals surface area contributed by atoms with Crippen LogP contribution < -0.4 is 0 Å². The van der Waals surface area contributed by atoms with Crippen LogP contribution in [0.25, 0.3) is 0 Å². The maximum atomic E-state index is 5.24. The van der Waals surface area contributed by atoms with E-state index in [-0.39, 0.29) is 0 Å². The first-order chi connectivity index (χ1) is 3.90. The van der Waals surface area contributed by atoms with Crippen LogP contribution in [0.2, 0.25) is 0 Å². The summed E-state index contributed by atoms with van der Waals surface area (Å²) in [5.41, 5.74) is 0. The number of ether oxygens (including phenoxy) is 1. The van der Waals surface area contributed by atoms with Gasteiger partial charge in [-0.05, 0) is 18.8 Å². The summed E-state index contributed by atoms with van der Waals surface area (Å²) in [5, 5.41) is 0. The maximum Gasteiger partial charge on any atom is 0.0847 e. The van der Waals surface area contributed by atoms with Crippen molar-refractivity contribution in [3.63, 3.8) is 0 Å². The third-order valence-electron chi connectivity index (χ3n) is 2.09. The molecule has 0 aromatic rings. The molecule has 44 valence electrons. The third-order valence-corrected chi connectivity index (χ3v) is 2.09. The first-order valence-corrected chi connectivity index (χ1v) is 3.18. The van der Waals surface area contributed by atoms with Gasteiger partial charge in [-0.3, -0.25) is 0 Å². The molecule has 0 bridgehead atoms. The molecule has 0 N–H and O–H groups in total.